The maximum Gasteiger partial charge on any atom is 0.338 e. The van der Waals surface area contributed by atoms with Crippen LogP contribution in [0.15, 0.2) is 42.5 Å². The molecule has 11 heteroatoms. The van der Waals surface area contributed by atoms with Crippen LogP contribution in [0.25, 0.3) is 0 Å². The maximum absolute atomic E-state index is 12.4. The Morgan fingerprint density at radius 3 is 2.50 bits per heavy atom. The number of nitro benzene ring substituents is 1. The van der Waals surface area contributed by atoms with Gasteiger partial charge in [0.2, 0.25) is 0 Å². The monoisotopic (exact) mass is 568 g/mol. The molecule has 0 aromatic heterocycles. The van der Waals surface area contributed by atoms with E-state index in [4.69, 9.17) is 17.0 Å². The highest BCUT2D eigenvalue weighted by molar-refractivity contribution is 14.1. The first-order valence-corrected chi connectivity index (χ1v) is 11.3. The molecular formula is C21H21IN4O5S. The summed E-state index contributed by atoms with van der Waals surface area (Å²) in [4.78, 5) is 39.2. The second-order valence-corrected chi connectivity index (χ2v) is 8.56. The summed E-state index contributed by atoms with van der Waals surface area (Å²) < 4.78 is 5.88. The van der Waals surface area contributed by atoms with Crippen LogP contribution >= 0.6 is 34.8 Å². The Morgan fingerprint density at radius 2 is 1.88 bits per heavy atom. The van der Waals surface area contributed by atoms with E-state index in [1.165, 1.54) is 12.1 Å². The molecule has 0 aliphatic carbocycles. The highest BCUT2D eigenvalue weighted by atomic mass is 127. The second kappa shape index (κ2) is 10.7. The quantitative estimate of drug-likeness (QED) is 0.193. The lowest BCUT2D eigenvalue weighted by Crippen LogP contribution is -2.52. The van der Waals surface area contributed by atoms with E-state index >= 15 is 0 Å². The minimum Gasteiger partial charge on any atom is -0.462 e. The smallest absolute Gasteiger partial charge is 0.338 e. The molecular weight excluding hydrogens is 547 g/mol. The van der Waals surface area contributed by atoms with E-state index in [1.807, 2.05) is 15.9 Å². The Kier molecular flexibility index (Phi) is 7.96. The molecule has 1 N–H and O–H groups in total. The van der Waals surface area contributed by atoms with Crippen molar-refractivity contribution in [3.05, 3.63) is 67.3 Å². The topological polar surface area (TPSA) is 105 Å². The van der Waals surface area contributed by atoms with E-state index in [2.05, 4.69) is 27.9 Å². The van der Waals surface area contributed by atoms with E-state index in [9.17, 15) is 19.7 Å². The number of anilines is 1. The van der Waals surface area contributed by atoms with E-state index in [1.54, 1.807) is 31.2 Å². The predicted octanol–water partition coefficient (Wildman–Crippen LogP) is 3.21. The molecule has 168 valence electrons. The van der Waals surface area contributed by atoms with Gasteiger partial charge < -0.3 is 14.5 Å². The Labute approximate surface area is 204 Å². The van der Waals surface area contributed by atoms with Gasteiger partial charge in [-0.1, -0.05) is 6.07 Å². The zero-order chi connectivity index (χ0) is 23.3. The molecule has 0 saturated carbocycles. The summed E-state index contributed by atoms with van der Waals surface area (Å²) in [7, 11) is 0. The number of hydrogen-bond donors (Lipinski definition) is 1. The minimum absolute atomic E-state index is 0.139. The summed E-state index contributed by atoms with van der Waals surface area (Å²) in [5, 5.41) is 14.7. The zero-order valence-corrected chi connectivity index (χ0v) is 20.2. The van der Waals surface area contributed by atoms with Gasteiger partial charge in [0.1, 0.15) is 5.69 Å². The summed E-state index contributed by atoms with van der Waals surface area (Å²) in [6.07, 6.45) is 0. The van der Waals surface area contributed by atoms with Crippen molar-refractivity contribution in [1.82, 2.24) is 10.2 Å². The van der Waals surface area contributed by atoms with Crippen molar-refractivity contribution in [3.63, 3.8) is 0 Å². The average molecular weight is 568 g/mol. The molecule has 2 aromatic rings. The SMILES string of the molecule is CCOC(=O)c1ccc(N2CCN(C(=S)NC(=O)c3cccc(I)c3)CC2)c([N+](=O)[O-])c1. The van der Waals surface area contributed by atoms with Crippen molar-refractivity contribution in [2.24, 2.45) is 0 Å². The number of halogens is 1. The normalized spacial score (nSPS) is 13.4. The molecule has 1 saturated heterocycles. The largest absolute Gasteiger partial charge is 0.462 e. The van der Waals surface area contributed by atoms with Crippen molar-refractivity contribution in [1.29, 1.82) is 0 Å². The van der Waals surface area contributed by atoms with Gasteiger partial charge in [-0.15, -0.1) is 0 Å². The Morgan fingerprint density at radius 1 is 1.16 bits per heavy atom. The number of rotatable bonds is 5. The van der Waals surface area contributed by atoms with E-state index < -0.39 is 10.9 Å². The number of amides is 1. The number of nitro groups is 1. The second-order valence-electron chi connectivity index (χ2n) is 6.92. The molecule has 0 unspecified atom stereocenters. The third-order valence-corrected chi connectivity index (χ3v) is 5.93. The molecule has 2 aromatic carbocycles. The fourth-order valence-electron chi connectivity index (χ4n) is 3.31. The molecule has 0 spiro atoms. The molecule has 9 nitrogen and oxygen atoms in total. The van der Waals surface area contributed by atoms with Crippen molar-refractivity contribution >= 4 is 63.2 Å². The molecule has 1 aliphatic rings. The first-order chi connectivity index (χ1) is 15.3. The Bertz CT molecular complexity index is 1060. The van der Waals surface area contributed by atoms with Gasteiger partial charge in [-0.2, -0.15) is 0 Å². The van der Waals surface area contributed by atoms with Crippen molar-refractivity contribution in [2.75, 3.05) is 37.7 Å². The van der Waals surface area contributed by atoms with Gasteiger partial charge in [0.25, 0.3) is 11.6 Å². The van der Waals surface area contributed by atoms with Crippen LogP contribution < -0.4 is 10.2 Å². The lowest BCUT2D eigenvalue weighted by molar-refractivity contribution is -0.384. The van der Waals surface area contributed by atoms with Gasteiger partial charge >= 0.3 is 5.97 Å². The van der Waals surface area contributed by atoms with Gasteiger partial charge in [0.15, 0.2) is 5.11 Å². The van der Waals surface area contributed by atoms with Crippen LogP contribution in [0.1, 0.15) is 27.6 Å². The molecule has 1 fully saturated rings. The number of ether oxygens (including phenoxy) is 1. The Hall–Kier alpha value is -2.80. The number of nitrogens with zero attached hydrogens (tertiary/aromatic N) is 3. The molecule has 1 amide bonds. The highest BCUT2D eigenvalue weighted by Gasteiger charge is 2.26. The number of piperazine rings is 1. The zero-order valence-electron chi connectivity index (χ0n) is 17.2. The fourth-order valence-corrected chi connectivity index (χ4v) is 4.13. The molecule has 1 aliphatic heterocycles. The Balaban J connectivity index is 1.65. The third kappa shape index (κ3) is 5.71. The van der Waals surface area contributed by atoms with Crippen LogP contribution in [-0.4, -0.2) is 59.6 Å². The average Bonchev–Trinajstić information content (AvgIpc) is 2.78. The molecule has 1 heterocycles. The lowest BCUT2D eigenvalue weighted by atomic mass is 10.1. The van der Waals surface area contributed by atoms with Crippen LogP contribution in [0.4, 0.5) is 11.4 Å². The summed E-state index contributed by atoms with van der Waals surface area (Å²) >= 11 is 7.53. The van der Waals surface area contributed by atoms with Crippen LogP contribution in [0.5, 0.6) is 0 Å². The molecule has 3 rings (SSSR count). The van der Waals surface area contributed by atoms with Crippen LogP contribution in [-0.2, 0) is 4.74 Å². The molecule has 32 heavy (non-hydrogen) atoms. The van der Waals surface area contributed by atoms with E-state index in [0.717, 1.165) is 3.57 Å². The van der Waals surface area contributed by atoms with Gasteiger partial charge in [0.05, 0.1) is 17.1 Å². The first kappa shape index (κ1) is 23.9. The number of benzene rings is 2. The van der Waals surface area contributed by atoms with Gasteiger partial charge in [-0.05, 0) is 72.1 Å². The number of hydrogen-bond acceptors (Lipinski definition) is 7. The summed E-state index contributed by atoms with van der Waals surface area (Å²) in [5.74, 6) is -0.873. The molecule has 0 bridgehead atoms. The fraction of sp³-hybridized carbons (Fsp3) is 0.286. The van der Waals surface area contributed by atoms with E-state index in [0.29, 0.717) is 42.5 Å². The highest BCUT2D eigenvalue weighted by Crippen LogP contribution is 2.30. The summed E-state index contributed by atoms with van der Waals surface area (Å²) in [5.41, 5.74) is 0.936. The minimum atomic E-state index is -0.596. The van der Waals surface area contributed by atoms with Gasteiger partial charge in [-0.3, -0.25) is 20.2 Å². The third-order valence-electron chi connectivity index (χ3n) is 4.90. The molecule has 0 atom stereocenters. The van der Waals surface area contributed by atoms with Crippen LogP contribution in [0.3, 0.4) is 0 Å². The number of esters is 1. The predicted molar refractivity (Wildman–Crippen MR) is 132 cm³/mol. The number of thiocarbonyl (C=S) groups is 1. The van der Waals surface area contributed by atoms with Crippen molar-refractivity contribution in [3.8, 4) is 0 Å². The lowest BCUT2D eigenvalue weighted by Gasteiger charge is -2.37. The number of carbonyl (C=O) groups excluding carboxylic acids is 2. The van der Waals surface area contributed by atoms with E-state index in [-0.39, 0.29) is 23.8 Å². The number of carbonyl (C=O) groups is 2. The summed E-state index contributed by atoms with van der Waals surface area (Å²) in [6.45, 7) is 3.78. The van der Waals surface area contributed by atoms with Crippen LogP contribution in [0.2, 0.25) is 0 Å². The van der Waals surface area contributed by atoms with Gasteiger partial charge in [0, 0.05) is 41.4 Å². The van der Waals surface area contributed by atoms with Crippen LogP contribution in [0, 0.1) is 13.7 Å². The van der Waals surface area contributed by atoms with Crippen molar-refractivity contribution < 1.29 is 19.2 Å². The first-order valence-electron chi connectivity index (χ1n) is 9.86. The maximum atomic E-state index is 12.4. The molecule has 0 radical (unpaired) electrons. The van der Waals surface area contributed by atoms with Crippen molar-refractivity contribution in [2.45, 2.75) is 6.92 Å². The number of nitrogens with one attached hydrogen (secondary N) is 1. The standard InChI is InChI=1S/C21H21IN4O5S/c1-2-31-20(28)15-6-7-17(18(13-15)26(29)30)24-8-10-25(11-9-24)21(32)23-19(27)14-4-3-5-16(22)12-14/h3-7,12-13H,2,8-11H2,1H3,(H,23,27,32). The van der Waals surface area contributed by atoms with Gasteiger partial charge in [-0.25, -0.2) is 4.79 Å². The summed E-state index contributed by atoms with van der Waals surface area (Å²) in [6, 6.07) is 11.5.